The lowest BCUT2D eigenvalue weighted by Crippen LogP contribution is -2.27. The van der Waals surface area contributed by atoms with Gasteiger partial charge in [0.15, 0.2) is 11.5 Å². The second kappa shape index (κ2) is 10.5. The highest BCUT2D eigenvalue weighted by atomic mass is 127. The smallest absolute Gasteiger partial charge is 0.266 e. The molecule has 1 amide bonds. The monoisotopic (exact) mass is 573 g/mol. The summed E-state index contributed by atoms with van der Waals surface area (Å²) in [6.07, 6.45) is 1.84. The standard InChI is InChI=1S/C25H20INO3S2/c1-29-22-13-19(9-12-21(22)30-16-18-7-10-20(26)11-8-18)14-23-24(28)27(25(31)32-23)15-17-5-3-2-4-6-17/h2-14H,15-16H2,1H3/b23-14+. The first kappa shape index (κ1) is 22.8. The van der Waals surface area contributed by atoms with E-state index in [2.05, 4.69) is 22.6 Å². The minimum atomic E-state index is -0.0816. The fourth-order valence-electron chi connectivity index (χ4n) is 3.19. The molecule has 4 rings (SSSR count). The minimum Gasteiger partial charge on any atom is -0.493 e. The normalized spacial score (nSPS) is 14.8. The first-order chi connectivity index (χ1) is 15.5. The Morgan fingerprint density at radius 1 is 1.00 bits per heavy atom. The van der Waals surface area contributed by atoms with Crippen molar-refractivity contribution in [1.29, 1.82) is 0 Å². The van der Waals surface area contributed by atoms with Crippen LogP contribution in [0.15, 0.2) is 77.7 Å². The number of nitrogens with zero attached hydrogens (tertiary/aromatic N) is 1. The average Bonchev–Trinajstić information content (AvgIpc) is 3.07. The molecule has 1 saturated heterocycles. The maximum Gasteiger partial charge on any atom is 0.266 e. The van der Waals surface area contributed by atoms with E-state index in [9.17, 15) is 4.79 Å². The average molecular weight is 573 g/mol. The SMILES string of the molecule is COc1cc(/C=C2/SC(=S)N(Cc3ccccc3)C2=O)ccc1OCc1ccc(I)cc1. The third-order valence-electron chi connectivity index (χ3n) is 4.85. The van der Waals surface area contributed by atoms with E-state index in [0.717, 1.165) is 16.7 Å². The molecule has 1 aliphatic rings. The molecule has 0 aliphatic carbocycles. The van der Waals surface area contributed by atoms with E-state index < -0.39 is 0 Å². The van der Waals surface area contributed by atoms with E-state index in [4.69, 9.17) is 21.7 Å². The van der Waals surface area contributed by atoms with Crippen LogP contribution in [-0.2, 0) is 17.9 Å². The maximum absolute atomic E-state index is 12.9. The summed E-state index contributed by atoms with van der Waals surface area (Å²) in [7, 11) is 1.61. The Labute approximate surface area is 210 Å². The Morgan fingerprint density at radius 3 is 2.47 bits per heavy atom. The Bertz CT molecular complexity index is 1160. The molecule has 3 aromatic carbocycles. The third-order valence-corrected chi connectivity index (χ3v) is 6.95. The molecule has 1 fully saturated rings. The van der Waals surface area contributed by atoms with E-state index in [1.807, 2.05) is 78.9 Å². The number of benzene rings is 3. The molecular weight excluding hydrogens is 553 g/mol. The largest absolute Gasteiger partial charge is 0.493 e. The minimum absolute atomic E-state index is 0.0816. The number of ether oxygens (including phenoxy) is 2. The molecule has 7 heteroatoms. The van der Waals surface area contributed by atoms with Crippen molar-refractivity contribution >= 4 is 62.9 Å². The molecule has 1 aliphatic heterocycles. The number of rotatable bonds is 7. The van der Waals surface area contributed by atoms with Crippen LogP contribution in [0, 0.1) is 3.57 Å². The zero-order valence-electron chi connectivity index (χ0n) is 17.3. The van der Waals surface area contributed by atoms with Crippen molar-refractivity contribution in [2.45, 2.75) is 13.2 Å². The first-order valence-corrected chi connectivity index (χ1v) is 12.2. The molecule has 32 heavy (non-hydrogen) atoms. The van der Waals surface area contributed by atoms with Gasteiger partial charge in [-0.15, -0.1) is 0 Å². The molecule has 4 nitrogen and oxygen atoms in total. The maximum atomic E-state index is 12.9. The van der Waals surface area contributed by atoms with Crippen LogP contribution in [0.3, 0.4) is 0 Å². The van der Waals surface area contributed by atoms with Crippen LogP contribution in [-0.4, -0.2) is 22.2 Å². The summed E-state index contributed by atoms with van der Waals surface area (Å²) >= 11 is 9.05. The quantitative estimate of drug-likeness (QED) is 0.189. The lowest BCUT2D eigenvalue weighted by molar-refractivity contribution is -0.122. The number of amides is 1. The Morgan fingerprint density at radius 2 is 1.75 bits per heavy atom. The van der Waals surface area contributed by atoms with Gasteiger partial charge in [0.1, 0.15) is 10.9 Å². The molecule has 3 aromatic rings. The number of hydrogen-bond donors (Lipinski definition) is 0. The van der Waals surface area contributed by atoms with Crippen molar-refractivity contribution < 1.29 is 14.3 Å². The van der Waals surface area contributed by atoms with Gasteiger partial charge in [-0.2, -0.15) is 0 Å². The lowest BCUT2D eigenvalue weighted by Gasteiger charge is -2.14. The van der Waals surface area contributed by atoms with Crippen molar-refractivity contribution in [2.24, 2.45) is 0 Å². The van der Waals surface area contributed by atoms with Gasteiger partial charge in [0.25, 0.3) is 5.91 Å². The molecule has 0 radical (unpaired) electrons. The predicted octanol–water partition coefficient (Wildman–Crippen LogP) is 6.28. The molecule has 162 valence electrons. The number of carbonyl (C=O) groups is 1. The summed E-state index contributed by atoms with van der Waals surface area (Å²) in [5, 5.41) is 0. The Kier molecular flexibility index (Phi) is 7.49. The van der Waals surface area contributed by atoms with Gasteiger partial charge in [0.05, 0.1) is 18.6 Å². The summed E-state index contributed by atoms with van der Waals surface area (Å²) in [5.74, 6) is 1.19. The van der Waals surface area contributed by atoms with E-state index >= 15 is 0 Å². The van der Waals surface area contributed by atoms with Crippen LogP contribution in [0.4, 0.5) is 0 Å². The molecule has 0 unspecified atom stereocenters. The van der Waals surface area contributed by atoms with Gasteiger partial charge in [0, 0.05) is 3.57 Å². The molecule has 0 saturated carbocycles. The summed E-state index contributed by atoms with van der Waals surface area (Å²) in [6.45, 7) is 0.919. The summed E-state index contributed by atoms with van der Waals surface area (Å²) in [4.78, 5) is 15.2. The van der Waals surface area contributed by atoms with Gasteiger partial charge in [-0.25, -0.2) is 0 Å². The fraction of sp³-hybridized carbons (Fsp3) is 0.120. The number of methoxy groups -OCH3 is 1. The topological polar surface area (TPSA) is 38.8 Å². The molecular formula is C25H20INO3S2. The zero-order chi connectivity index (χ0) is 22.5. The van der Waals surface area contributed by atoms with Crippen molar-refractivity contribution in [1.82, 2.24) is 4.90 Å². The van der Waals surface area contributed by atoms with Crippen LogP contribution in [0.25, 0.3) is 6.08 Å². The summed E-state index contributed by atoms with van der Waals surface area (Å²) < 4.78 is 13.2. The predicted molar refractivity (Wildman–Crippen MR) is 142 cm³/mol. The molecule has 1 heterocycles. The van der Waals surface area contributed by atoms with Crippen molar-refractivity contribution in [3.8, 4) is 11.5 Å². The second-order valence-electron chi connectivity index (χ2n) is 7.08. The number of carbonyl (C=O) groups excluding carboxylic acids is 1. The number of thioether (sulfide) groups is 1. The van der Waals surface area contributed by atoms with Crippen LogP contribution in [0.5, 0.6) is 11.5 Å². The van der Waals surface area contributed by atoms with Gasteiger partial charge < -0.3 is 9.47 Å². The van der Waals surface area contributed by atoms with Crippen molar-refractivity contribution in [2.75, 3.05) is 7.11 Å². The second-order valence-corrected chi connectivity index (χ2v) is 10.0. The van der Waals surface area contributed by atoms with E-state index in [1.54, 1.807) is 12.0 Å². The van der Waals surface area contributed by atoms with Crippen LogP contribution in [0.2, 0.25) is 0 Å². The van der Waals surface area contributed by atoms with Crippen LogP contribution < -0.4 is 9.47 Å². The first-order valence-electron chi connectivity index (χ1n) is 9.88. The Hall–Kier alpha value is -2.36. The third kappa shape index (κ3) is 5.51. The molecule has 0 atom stereocenters. The van der Waals surface area contributed by atoms with Gasteiger partial charge in [-0.3, -0.25) is 9.69 Å². The van der Waals surface area contributed by atoms with Crippen molar-refractivity contribution in [3.05, 3.63) is 98.0 Å². The highest BCUT2D eigenvalue weighted by molar-refractivity contribution is 14.1. The van der Waals surface area contributed by atoms with Crippen LogP contribution in [0.1, 0.15) is 16.7 Å². The molecule has 0 N–H and O–H groups in total. The van der Waals surface area contributed by atoms with Gasteiger partial charge in [0.2, 0.25) is 0 Å². The lowest BCUT2D eigenvalue weighted by atomic mass is 10.1. The number of halogens is 1. The number of hydrogen-bond acceptors (Lipinski definition) is 5. The van der Waals surface area contributed by atoms with Gasteiger partial charge >= 0.3 is 0 Å². The van der Waals surface area contributed by atoms with Gasteiger partial charge in [-0.1, -0.05) is 72.5 Å². The van der Waals surface area contributed by atoms with E-state index in [1.165, 1.54) is 15.3 Å². The molecule has 0 spiro atoms. The molecule has 0 bridgehead atoms. The highest BCUT2D eigenvalue weighted by Crippen LogP contribution is 2.35. The summed E-state index contributed by atoms with van der Waals surface area (Å²) in [6, 6.07) is 23.7. The van der Waals surface area contributed by atoms with E-state index in [-0.39, 0.29) is 5.91 Å². The molecule has 0 aromatic heterocycles. The summed E-state index contributed by atoms with van der Waals surface area (Å²) in [5.41, 5.74) is 2.98. The highest BCUT2D eigenvalue weighted by Gasteiger charge is 2.32. The van der Waals surface area contributed by atoms with Gasteiger partial charge in [-0.05, 0) is 69.6 Å². The fourth-order valence-corrected chi connectivity index (χ4v) is 4.80. The van der Waals surface area contributed by atoms with Crippen molar-refractivity contribution in [3.63, 3.8) is 0 Å². The number of thiocarbonyl (C=S) groups is 1. The van der Waals surface area contributed by atoms with E-state index in [0.29, 0.717) is 33.9 Å². The zero-order valence-corrected chi connectivity index (χ0v) is 21.1. The Balaban J connectivity index is 1.48. The van der Waals surface area contributed by atoms with Crippen LogP contribution >= 0.6 is 46.6 Å².